The molecule has 2 aromatic carbocycles. The lowest BCUT2D eigenvalue weighted by atomic mass is 10.0. The molecule has 27 heavy (non-hydrogen) atoms. The van der Waals surface area contributed by atoms with E-state index in [9.17, 15) is 4.79 Å². The predicted octanol–water partition coefficient (Wildman–Crippen LogP) is 4.17. The topological polar surface area (TPSA) is 32.8 Å². The maximum atomic E-state index is 11.6. The minimum Gasteiger partial charge on any atom is -0.465 e. The molecule has 3 rings (SSSR count). The van der Waals surface area contributed by atoms with Crippen molar-refractivity contribution in [1.29, 1.82) is 0 Å². The molecule has 0 aliphatic carbocycles. The molecule has 144 valence electrons. The van der Waals surface area contributed by atoms with E-state index >= 15 is 0 Å². The minimum absolute atomic E-state index is 0.284. The minimum atomic E-state index is -0.284. The molecule has 0 amide bonds. The lowest BCUT2D eigenvalue weighted by molar-refractivity contribution is 0.0289. The standard InChI is InChI=1S/C22H27IN2O2/c1-16-12-24(14-18-8-10-19(11-9-18)22(26)27-3)13-17(2)25(16)15-20-6-4-5-7-21(20)23/h4-11,16-17H,12-15H2,1-3H3/t16-,17?/m0/s1. The summed E-state index contributed by atoms with van der Waals surface area (Å²) in [7, 11) is 1.41. The van der Waals surface area contributed by atoms with E-state index in [0.717, 1.165) is 26.2 Å². The average Bonchev–Trinajstić information content (AvgIpc) is 2.66. The number of carbonyl (C=O) groups is 1. The number of rotatable bonds is 5. The Morgan fingerprint density at radius 2 is 1.67 bits per heavy atom. The SMILES string of the molecule is COC(=O)c1ccc(CN2CC(C)N(Cc3ccccc3I)[C@@H](C)C2)cc1. The molecule has 1 saturated heterocycles. The van der Waals surface area contributed by atoms with Crippen molar-refractivity contribution in [2.24, 2.45) is 0 Å². The number of piperazine rings is 1. The van der Waals surface area contributed by atoms with E-state index < -0.39 is 0 Å². The summed E-state index contributed by atoms with van der Waals surface area (Å²) in [6.45, 7) is 8.65. The summed E-state index contributed by atoms with van der Waals surface area (Å²) < 4.78 is 6.10. The third kappa shape index (κ3) is 5.09. The van der Waals surface area contributed by atoms with Crippen LogP contribution in [0.4, 0.5) is 0 Å². The van der Waals surface area contributed by atoms with E-state index in [1.165, 1.54) is 21.8 Å². The molecule has 2 atom stereocenters. The molecule has 0 bridgehead atoms. The Bertz CT molecular complexity index is 766. The number of ether oxygens (including phenoxy) is 1. The molecule has 1 unspecified atom stereocenters. The second kappa shape index (κ2) is 9.17. The molecule has 0 spiro atoms. The van der Waals surface area contributed by atoms with Crippen LogP contribution in [0.25, 0.3) is 0 Å². The van der Waals surface area contributed by atoms with Crippen LogP contribution in [-0.2, 0) is 17.8 Å². The van der Waals surface area contributed by atoms with Gasteiger partial charge in [-0.15, -0.1) is 0 Å². The Labute approximate surface area is 175 Å². The van der Waals surface area contributed by atoms with Gasteiger partial charge in [-0.25, -0.2) is 4.79 Å². The van der Waals surface area contributed by atoms with Gasteiger partial charge in [-0.05, 0) is 65.8 Å². The largest absolute Gasteiger partial charge is 0.465 e. The van der Waals surface area contributed by atoms with Crippen molar-refractivity contribution in [2.75, 3.05) is 20.2 Å². The number of halogens is 1. The Morgan fingerprint density at radius 1 is 1.04 bits per heavy atom. The van der Waals surface area contributed by atoms with Crippen molar-refractivity contribution in [3.05, 3.63) is 68.8 Å². The van der Waals surface area contributed by atoms with Crippen LogP contribution in [0.2, 0.25) is 0 Å². The molecular formula is C22H27IN2O2. The predicted molar refractivity (Wildman–Crippen MR) is 117 cm³/mol. The lowest BCUT2D eigenvalue weighted by Crippen LogP contribution is -2.55. The summed E-state index contributed by atoms with van der Waals surface area (Å²) in [5.74, 6) is -0.284. The fourth-order valence-electron chi connectivity index (χ4n) is 3.85. The number of benzene rings is 2. The number of esters is 1. The van der Waals surface area contributed by atoms with Crippen LogP contribution >= 0.6 is 22.6 Å². The van der Waals surface area contributed by atoms with Crippen LogP contribution in [0.3, 0.4) is 0 Å². The summed E-state index contributed by atoms with van der Waals surface area (Å²) in [6, 6.07) is 17.4. The van der Waals surface area contributed by atoms with Crippen LogP contribution in [-0.4, -0.2) is 48.1 Å². The van der Waals surface area contributed by atoms with Gasteiger partial charge in [0.15, 0.2) is 0 Å². The highest BCUT2D eigenvalue weighted by molar-refractivity contribution is 14.1. The molecule has 0 radical (unpaired) electrons. The average molecular weight is 478 g/mol. The van der Waals surface area contributed by atoms with E-state index in [1.807, 2.05) is 24.3 Å². The molecule has 1 heterocycles. The summed E-state index contributed by atoms with van der Waals surface area (Å²) >= 11 is 2.43. The maximum Gasteiger partial charge on any atom is 0.337 e. The second-order valence-electron chi connectivity index (χ2n) is 7.34. The van der Waals surface area contributed by atoms with E-state index in [2.05, 4.69) is 70.5 Å². The molecule has 4 nitrogen and oxygen atoms in total. The lowest BCUT2D eigenvalue weighted by Gasteiger charge is -2.44. The van der Waals surface area contributed by atoms with Gasteiger partial charge in [0, 0.05) is 41.8 Å². The number of hydrogen-bond donors (Lipinski definition) is 0. The Balaban J connectivity index is 1.61. The fraction of sp³-hybridized carbons (Fsp3) is 0.409. The third-order valence-electron chi connectivity index (χ3n) is 5.27. The summed E-state index contributed by atoms with van der Waals surface area (Å²) in [4.78, 5) is 16.7. The first-order valence-corrected chi connectivity index (χ1v) is 10.4. The van der Waals surface area contributed by atoms with Crippen LogP contribution < -0.4 is 0 Å². The smallest absolute Gasteiger partial charge is 0.337 e. The highest BCUT2D eigenvalue weighted by atomic mass is 127. The molecule has 0 N–H and O–H groups in total. The molecule has 0 aromatic heterocycles. The van der Waals surface area contributed by atoms with Crippen LogP contribution in [0.1, 0.15) is 35.3 Å². The van der Waals surface area contributed by atoms with Crippen molar-refractivity contribution in [2.45, 2.75) is 39.0 Å². The third-order valence-corrected chi connectivity index (χ3v) is 6.32. The Hall–Kier alpha value is -1.44. The summed E-state index contributed by atoms with van der Waals surface area (Å²) in [6.07, 6.45) is 0. The zero-order valence-electron chi connectivity index (χ0n) is 16.2. The van der Waals surface area contributed by atoms with Gasteiger partial charge in [-0.3, -0.25) is 9.80 Å². The molecule has 5 heteroatoms. The van der Waals surface area contributed by atoms with Gasteiger partial charge >= 0.3 is 5.97 Å². The normalized spacial score (nSPS) is 21.2. The first-order chi connectivity index (χ1) is 13.0. The summed E-state index contributed by atoms with van der Waals surface area (Å²) in [5, 5.41) is 0. The quantitative estimate of drug-likeness (QED) is 0.477. The molecule has 1 aliphatic heterocycles. The van der Waals surface area contributed by atoms with Gasteiger partial charge in [-0.2, -0.15) is 0 Å². The summed E-state index contributed by atoms with van der Waals surface area (Å²) in [5.41, 5.74) is 3.24. The Kier molecular flexibility index (Phi) is 6.89. The van der Waals surface area contributed by atoms with Gasteiger partial charge < -0.3 is 4.74 Å². The van der Waals surface area contributed by atoms with Gasteiger partial charge in [0.05, 0.1) is 12.7 Å². The monoisotopic (exact) mass is 478 g/mol. The van der Waals surface area contributed by atoms with Gasteiger partial charge in [-0.1, -0.05) is 30.3 Å². The molecule has 1 fully saturated rings. The molecule has 0 saturated carbocycles. The van der Waals surface area contributed by atoms with E-state index in [0.29, 0.717) is 17.6 Å². The van der Waals surface area contributed by atoms with E-state index in [4.69, 9.17) is 4.74 Å². The second-order valence-corrected chi connectivity index (χ2v) is 8.51. The highest BCUT2D eigenvalue weighted by Gasteiger charge is 2.29. The zero-order chi connectivity index (χ0) is 19.4. The number of hydrogen-bond acceptors (Lipinski definition) is 4. The van der Waals surface area contributed by atoms with Gasteiger partial charge in [0.1, 0.15) is 0 Å². The van der Waals surface area contributed by atoms with Crippen LogP contribution in [0, 0.1) is 3.57 Å². The number of carbonyl (C=O) groups excluding carboxylic acids is 1. The van der Waals surface area contributed by atoms with Crippen LogP contribution in [0.15, 0.2) is 48.5 Å². The van der Waals surface area contributed by atoms with E-state index in [1.54, 1.807) is 0 Å². The number of methoxy groups -OCH3 is 1. The molecule has 1 aliphatic rings. The van der Waals surface area contributed by atoms with Crippen molar-refractivity contribution >= 4 is 28.6 Å². The first kappa shape index (κ1) is 20.3. The molecular weight excluding hydrogens is 451 g/mol. The zero-order valence-corrected chi connectivity index (χ0v) is 18.3. The first-order valence-electron chi connectivity index (χ1n) is 9.36. The van der Waals surface area contributed by atoms with Crippen LogP contribution in [0.5, 0.6) is 0 Å². The van der Waals surface area contributed by atoms with Crippen molar-refractivity contribution in [1.82, 2.24) is 9.80 Å². The maximum absolute atomic E-state index is 11.6. The van der Waals surface area contributed by atoms with E-state index in [-0.39, 0.29) is 5.97 Å². The fourth-order valence-corrected chi connectivity index (χ4v) is 4.41. The Morgan fingerprint density at radius 3 is 2.26 bits per heavy atom. The van der Waals surface area contributed by atoms with Crippen molar-refractivity contribution in [3.8, 4) is 0 Å². The highest BCUT2D eigenvalue weighted by Crippen LogP contribution is 2.22. The molecule has 2 aromatic rings. The van der Waals surface area contributed by atoms with Crippen molar-refractivity contribution in [3.63, 3.8) is 0 Å². The van der Waals surface area contributed by atoms with Gasteiger partial charge in [0.2, 0.25) is 0 Å². The number of nitrogens with zero attached hydrogens (tertiary/aromatic N) is 2. The van der Waals surface area contributed by atoms with Crippen molar-refractivity contribution < 1.29 is 9.53 Å². The van der Waals surface area contributed by atoms with Gasteiger partial charge in [0.25, 0.3) is 0 Å².